The highest BCUT2D eigenvalue weighted by Crippen LogP contribution is 2.18. The minimum Gasteiger partial charge on any atom is -0.494 e. The van der Waals surface area contributed by atoms with Crippen molar-refractivity contribution in [3.63, 3.8) is 0 Å². The molecule has 0 atom stereocenters. The van der Waals surface area contributed by atoms with Crippen LogP contribution >= 0.6 is 0 Å². The number of nitrogens with zero attached hydrogens (tertiary/aromatic N) is 1. The SMILES string of the molecule is CC(C)CCOc1cccc(NC(=O)/C=C/c2ccc([N+](=O)[O-])cc2)c1. The molecule has 0 fully saturated rings. The Balaban J connectivity index is 1.91. The van der Waals surface area contributed by atoms with Gasteiger partial charge in [-0.3, -0.25) is 14.9 Å². The van der Waals surface area contributed by atoms with E-state index in [-0.39, 0.29) is 11.6 Å². The van der Waals surface area contributed by atoms with Gasteiger partial charge in [-0.1, -0.05) is 19.9 Å². The van der Waals surface area contributed by atoms with E-state index in [4.69, 9.17) is 4.74 Å². The Morgan fingerprint density at radius 2 is 1.96 bits per heavy atom. The van der Waals surface area contributed by atoms with Crippen molar-refractivity contribution in [1.82, 2.24) is 0 Å². The van der Waals surface area contributed by atoms with Crippen molar-refractivity contribution in [2.75, 3.05) is 11.9 Å². The number of carbonyl (C=O) groups excluding carboxylic acids is 1. The molecule has 2 aromatic rings. The summed E-state index contributed by atoms with van der Waals surface area (Å²) in [5.74, 6) is 0.993. The molecule has 26 heavy (non-hydrogen) atoms. The van der Waals surface area contributed by atoms with Crippen LogP contribution in [0.2, 0.25) is 0 Å². The molecule has 0 saturated carbocycles. The van der Waals surface area contributed by atoms with Gasteiger partial charge < -0.3 is 10.1 Å². The summed E-state index contributed by atoms with van der Waals surface area (Å²) in [6.07, 6.45) is 3.95. The smallest absolute Gasteiger partial charge is 0.269 e. The minimum atomic E-state index is -0.462. The van der Waals surface area contributed by atoms with Crippen molar-refractivity contribution in [3.8, 4) is 5.75 Å². The summed E-state index contributed by atoms with van der Waals surface area (Å²) in [5.41, 5.74) is 1.36. The number of benzene rings is 2. The summed E-state index contributed by atoms with van der Waals surface area (Å²) in [5, 5.41) is 13.4. The van der Waals surface area contributed by atoms with Gasteiger partial charge in [0.2, 0.25) is 5.91 Å². The fourth-order valence-electron chi connectivity index (χ4n) is 2.14. The molecule has 0 saturated heterocycles. The van der Waals surface area contributed by atoms with E-state index in [9.17, 15) is 14.9 Å². The van der Waals surface area contributed by atoms with E-state index in [1.54, 1.807) is 30.3 Å². The summed E-state index contributed by atoms with van der Waals surface area (Å²) >= 11 is 0. The molecule has 6 heteroatoms. The molecule has 1 N–H and O–H groups in total. The van der Waals surface area contributed by atoms with Crippen molar-refractivity contribution >= 4 is 23.4 Å². The quantitative estimate of drug-likeness (QED) is 0.424. The summed E-state index contributed by atoms with van der Waals surface area (Å²) in [6.45, 7) is 4.91. The standard InChI is InChI=1S/C20H22N2O4/c1-15(2)12-13-26-19-5-3-4-17(14-19)21-20(23)11-8-16-6-9-18(10-7-16)22(24)25/h3-11,14-15H,12-13H2,1-2H3,(H,21,23)/b11-8+. The predicted octanol–water partition coefficient (Wildman–Crippen LogP) is 4.67. The van der Waals surface area contributed by atoms with Gasteiger partial charge in [0.15, 0.2) is 0 Å². The van der Waals surface area contributed by atoms with E-state index in [1.165, 1.54) is 18.2 Å². The van der Waals surface area contributed by atoms with Gasteiger partial charge in [0.25, 0.3) is 5.69 Å². The van der Waals surface area contributed by atoms with E-state index in [1.807, 2.05) is 12.1 Å². The third-order valence-corrected chi connectivity index (χ3v) is 3.60. The number of non-ortho nitro benzene ring substituents is 1. The van der Waals surface area contributed by atoms with Crippen molar-refractivity contribution in [2.24, 2.45) is 5.92 Å². The first-order valence-electron chi connectivity index (χ1n) is 8.40. The zero-order chi connectivity index (χ0) is 18.9. The Bertz CT molecular complexity index is 783. The molecule has 0 aliphatic rings. The molecule has 0 aliphatic carbocycles. The van der Waals surface area contributed by atoms with Crippen molar-refractivity contribution in [1.29, 1.82) is 0 Å². The van der Waals surface area contributed by atoms with Crippen molar-refractivity contribution < 1.29 is 14.5 Å². The fourth-order valence-corrected chi connectivity index (χ4v) is 2.14. The third kappa shape index (κ3) is 6.39. The maximum absolute atomic E-state index is 12.0. The zero-order valence-electron chi connectivity index (χ0n) is 14.8. The van der Waals surface area contributed by atoms with Gasteiger partial charge in [-0.25, -0.2) is 0 Å². The number of ether oxygens (including phenoxy) is 1. The molecule has 0 bridgehead atoms. The molecular weight excluding hydrogens is 332 g/mol. The van der Waals surface area contributed by atoms with Crippen LogP contribution in [-0.2, 0) is 4.79 Å². The van der Waals surface area contributed by atoms with Crippen LogP contribution in [0.15, 0.2) is 54.6 Å². The average Bonchev–Trinajstić information content (AvgIpc) is 2.60. The van der Waals surface area contributed by atoms with Crippen LogP contribution in [0.4, 0.5) is 11.4 Å². The van der Waals surface area contributed by atoms with Crippen LogP contribution < -0.4 is 10.1 Å². The second kappa shape index (κ2) is 9.36. The molecule has 1 amide bonds. The normalized spacial score (nSPS) is 10.9. The molecule has 0 unspecified atom stereocenters. The zero-order valence-corrected chi connectivity index (χ0v) is 14.8. The van der Waals surface area contributed by atoms with Crippen molar-refractivity contribution in [3.05, 3.63) is 70.3 Å². The average molecular weight is 354 g/mol. The van der Waals surface area contributed by atoms with E-state index < -0.39 is 4.92 Å². The summed E-state index contributed by atoms with van der Waals surface area (Å²) in [4.78, 5) is 22.2. The topological polar surface area (TPSA) is 81.5 Å². The number of hydrogen-bond acceptors (Lipinski definition) is 4. The predicted molar refractivity (Wildman–Crippen MR) is 102 cm³/mol. The molecule has 0 radical (unpaired) electrons. The number of carbonyl (C=O) groups is 1. The highest BCUT2D eigenvalue weighted by atomic mass is 16.6. The Kier molecular flexibility index (Phi) is 6.91. The van der Waals surface area contributed by atoms with Crippen LogP contribution in [0.1, 0.15) is 25.8 Å². The van der Waals surface area contributed by atoms with Crippen LogP contribution in [0.3, 0.4) is 0 Å². The molecular formula is C20H22N2O4. The molecule has 136 valence electrons. The summed E-state index contributed by atoms with van der Waals surface area (Å²) < 4.78 is 5.67. The van der Waals surface area contributed by atoms with E-state index in [0.29, 0.717) is 29.5 Å². The van der Waals surface area contributed by atoms with E-state index >= 15 is 0 Å². The Labute approximate surface area is 152 Å². The second-order valence-corrected chi connectivity index (χ2v) is 6.23. The first-order valence-corrected chi connectivity index (χ1v) is 8.40. The van der Waals surface area contributed by atoms with Gasteiger partial charge in [-0.15, -0.1) is 0 Å². The van der Waals surface area contributed by atoms with Crippen LogP contribution in [-0.4, -0.2) is 17.4 Å². The molecule has 0 aliphatic heterocycles. The maximum atomic E-state index is 12.0. The van der Waals surface area contributed by atoms with E-state index in [2.05, 4.69) is 19.2 Å². The Morgan fingerprint density at radius 1 is 1.23 bits per heavy atom. The van der Waals surface area contributed by atoms with Crippen LogP contribution in [0.5, 0.6) is 5.75 Å². The highest BCUT2D eigenvalue weighted by molar-refractivity contribution is 6.02. The maximum Gasteiger partial charge on any atom is 0.269 e. The van der Waals surface area contributed by atoms with E-state index in [0.717, 1.165) is 6.42 Å². The van der Waals surface area contributed by atoms with Gasteiger partial charge in [0.05, 0.1) is 11.5 Å². The molecule has 6 nitrogen and oxygen atoms in total. The molecule has 0 aromatic heterocycles. The number of amides is 1. The minimum absolute atomic E-state index is 0.0147. The first-order chi connectivity index (χ1) is 12.4. The Morgan fingerprint density at radius 3 is 2.62 bits per heavy atom. The number of nitrogens with one attached hydrogen (secondary N) is 1. The number of nitro groups is 1. The Hall–Kier alpha value is -3.15. The molecule has 2 aromatic carbocycles. The number of hydrogen-bond donors (Lipinski definition) is 1. The lowest BCUT2D eigenvalue weighted by molar-refractivity contribution is -0.384. The molecule has 0 spiro atoms. The van der Waals surface area contributed by atoms with Crippen LogP contribution in [0, 0.1) is 16.0 Å². The van der Waals surface area contributed by atoms with Crippen molar-refractivity contribution in [2.45, 2.75) is 20.3 Å². The fraction of sp³-hybridized carbons (Fsp3) is 0.250. The largest absolute Gasteiger partial charge is 0.494 e. The van der Waals surface area contributed by atoms with Gasteiger partial charge in [0, 0.05) is 30.0 Å². The van der Waals surface area contributed by atoms with Gasteiger partial charge in [0.1, 0.15) is 5.75 Å². The van der Waals surface area contributed by atoms with Gasteiger partial charge in [-0.05, 0) is 48.2 Å². The summed E-state index contributed by atoms with van der Waals surface area (Å²) in [6, 6.07) is 13.2. The molecule has 2 rings (SSSR count). The monoisotopic (exact) mass is 354 g/mol. The number of rotatable bonds is 8. The third-order valence-electron chi connectivity index (χ3n) is 3.60. The first kappa shape index (κ1) is 19.2. The van der Waals surface area contributed by atoms with Crippen LogP contribution in [0.25, 0.3) is 6.08 Å². The number of nitro benzene ring substituents is 1. The summed E-state index contributed by atoms with van der Waals surface area (Å²) in [7, 11) is 0. The lowest BCUT2D eigenvalue weighted by Crippen LogP contribution is -2.08. The second-order valence-electron chi connectivity index (χ2n) is 6.23. The lowest BCUT2D eigenvalue weighted by atomic mass is 10.1. The number of anilines is 1. The highest BCUT2D eigenvalue weighted by Gasteiger charge is 2.04. The van der Waals surface area contributed by atoms with Gasteiger partial charge in [-0.2, -0.15) is 0 Å². The lowest BCUT2D eigenvalue weighted by Gasteiger charge is -2.09. The molecule has 0 heterocycles. The van der Waals surface area contributed by atoms with Gasteiger partial charge >= 0.3 is 0 Å².